The summed E-state index contributed by atoms with van der Waals surface area (Å²) >= 11 is 10.3. The van der Waals surface area contributed by atoms with Gasteiger partial charge in [-0.25, -0.2) is 0 Å². The minimum atomic E-state index is 0.533. The summed E-state index contributed by atoms with van der Waals surface area (Å²) in [5.41, 5.74) is 1.17. The first-order valence-corrected chi connectivity index (χ1v) is 6.20. The number of thiol groups is 1. The third-order valence-corrected chi connectivity index (χ3v) is 3.06. The molecule has 3 heteroatoms. The van der Waals surface area contributed by atoms with Gasteiger partial charge in [0.2, 0.25) is 0 Å². The number of ether oxygens (including phenoxy) is 1. The highest BCUT2D eigenvalue weighted by atomic mass is 35.5. The molecule has 0 bridgehead atoms. The Morgan fingerprint density at radius 3 is 2.80 bits per heavy atom. The zero-order chi connectivity index (χ0) is 11.3. The van der Waals surface area contributed by atoms with E-state index in [4.69, 9.17) is 16.3 Å². The summed E-state index contributed by atoms with van der Waals surface area (Å²) in [7, 11) is 0. The normalized spacial score (nSPS) is 12.5. The lowest BCUT2D eigenvalue weighted by Gasteiger charge is -2.13. The van der Waals surface area contributed by atoms with Gasteiger partial charge in [-0.1, -0.05) is 18.5 Å². The quantitative estimate of drug-likeness (QED) is 0.775. The highest BCUT2D eigenvalue weighted by Gasteiger charge is 2.08. The molecule has 0 aliphatic carbocycles. The maximum atomic E-state index is 5.97. The Labute approximate surface area is 102 Å². The van der Waals surface area contributed by atoms with Crippen LogP contribution in [0.4, 0.5) is 0 Å². The molecule has 15 heavy (non-hydrogen) atoms. The van der Waals surface area contributed by atoms with Crippen molar-refractivity contribution < 1.29 is 4.74 Å². The van der Waals surface area contributed by atoms with E-state index in [1.165, 1.54) is 5.56 Å². The Kier molecular flexibility index (Phi) is 5.34. The standard InChI is InChI=1S/C12H17ClOS/c1-3-14-12-5-4-11(13)7-10(12)6-9(2)8-15/h4-5,7,9,15H,3,6,8H2,1-2H3. The average molecular weight is 245 g/mol. The van der Waals surface area contributed by atoms with Gasteiger partial charge in [-0.15, -0.1) is 0 Å². The fourth-order valence-electron chi connectivity index (χ4n) is 1.44. The summed E-state index contributed by atoms with van der Waals surface area (Å²) < 4.78 is 5.55. The molecule has 0 saturated heterocycles. The second-order valence-corrected chi connectivity index (χ2v) is 4.48. The van der Waals surface area contributed by atoms with Crippen molar-refractivity contribution in [2.45, 2.75) is 20.3 Å². The van der Waals surface area contributed by atoms with E-state index in [1.54, 1.807) is 0 Å². The topological polar surface area (TPSA) is 9.23 Å². The summed E-state index contributed by atoms with van der Waals surface area (Å²) in [5.74, 6) is 2.35. The molecule has 0 radical (unpaired) electrons. The van der Waals surface area contributed by atoms with Crippen molar-refractivity contribution in [2.24, 2.45) is 5.92 Å². The van der Waals surface area contributed by atoms with Crippen LogP contribution in [0.25, 0.3) is 0 Å². The first-order valence-electron chi connectivity index (χ1n) is 5.19. The molecular weight excluding hydrogens is 228 g/mol. The highest BCUT2D eigenvalue weighted by Crippen LogP contribution is 2.25. The van der Waals surface area contributed by atoms with E-state index >= 15 is 0 Å². The molecule has 1 unspecified atom stereocenters. The molecule has 0 saturated carbocycles. The first-order chi connectivity index (χ1) is 7.17. The van der Waals surface area contributed by atoms with E-state index < -0.39 is 0 Å². The molecule has 1 aromatic rings. The summed E-state index contributed by atoms with van der Waals surface area (Å²) in [6, 6.07) is 5.78. The number of benzene rings is 1. The number of hydrogen-bond donors (Lipinski definition) is 1. The van der Waals surface area contributed by atoms with Gasteiger partial charge in [0.15, 0.2) is 0 Å². The maximum Gasteiger partial charge on any atom is 0.122 e. The minimum Gasteiger partial charge on any atom is -0.494 e. The molecule has 0 N–H and O–H groups in total. The smallest absolute Gasteiger partial charge is 0.122 e. The summed E-state index contributed by atoms with van der Waals surface area (Å²) in [6.07, 6.45) is 0.958. The molecule has 1 rings (SSSR count). The molecule has 1 nitrogen and oxygen atoms in total. The Morgan fingerprint density at radius 2 is 2.20 bits per heavy atom. The van der Waals surface area contributed by atoms with Crippen LogP contribution in [0.2, 0.25) is 5.02 Å². The van der Waals surface area contributed by atoms with Gasteiger partial charge in [0.1, 0.15) is 5.75 Å². The van der Waals surface area contributed by atoms with Crippen molar-refractivity contribution >= 4 is 24.2 Å². The van der Waals surface area contributed by atoms with Crippen molar-refractivity contribution in [2.75, 3.05) is 12.4 Å². The van der Waals surface area contributed by atoms with E-state index in [1.807, 2.05) is 25.1 Å². The van der Waals surface area contributed by atoms with Gasteiger partial charge in [0.25, 0.3) is 0 Å². The van der Waals surface area contributed by atoms with E-state index in [0.29, 0.717) is 12.5 Å². The molecule has 0 spiro atoms. The summed E-state index contributed by atoms with van der Waals surface area (Å²) in [4.78, 5) is 0. The number of rotatable bonds is 5. The van der Waals surface area contributed by atoms with Crippen LogP contribution in [0, 0.1) is 5.92 Å². The lowest BCUT2D eigenvalue weighted by molar-refractivity contribution is 0.335. The van der Waals surface area contributed by atoms with Crippen molar-refractivity contribution in [3.05, 3.63) is 28.8 Å². The molecule has 1 atom stereocenters. The second-order valence-electron chi connectivity index (χ2n) is 3.68. The lowest BCUT2D eigenvalue weighted by Crippen LogP contribution is -2.04. The van der Waals surface area contributed by atoms with E-state index in [2.05, 4.69) is 19.6 Å². The molecular formula is C12H17ClOS. The fraction of sp³-hybridized carbons (Fsp3) is 0.500. The molecule has 0 aliphatic rings. The Bertz CT molecular complexity index is 314. The molecule has 0 amide bonds. The van der Waals surface area contributed by atoms with E-state index in [9.17, 15) is 0 Å². The predicted octanol–water partition coefficient (Wildman–Crippen LogP) is 3.85. The fourth-order valence-corrected chi connectivity index (χ4v) is 1.77. The third-order valence-electron chi connectivity index (χ3n) is 2.20. The van der Waals surface area contributed by atoms with Crippen LogP contribution in [0.15, 0.2) is 18.2 Å². The van der Waals surface area contributed by atoms with E-state index in [-0.39, 0.29) is 0 Å². The first kappa shape index (κ1) is 12.7. The minimum absolute atomic E-state index is 0.533. The predicted molar refractivity (Wildman–Crippen MR) is 69.3 cm³/mol. The van der Waals surface area contributed by atoms with Crippen LogP contribution in [0.1, 0.15) is 19.4 Å². The van der Waals surface area contributed by atoms with Gasteiger partial charge < -0.3 is 4.74 Å². The SMILES string of the molecule is CCOc1ccc(Cl)cc1CC(C)CS. The monoisotopic (exact) mass is 244 g/mol. The highest BCUT2D eigenvalue weighted by molar-refractivity contribution is 7.80. The van der Waals surface area contributed by atoms with Gasteiger partial charge in [-0.3, -0.25) is 0 Å². The molecule has 1 aromatic carbocycles. The lowest BCUT2D eigenvalue weighted by atomic mass is 10.0. The number of hydrogen-bond acceptors (Lipinski definition) is 2. The third kappa shape index (κ3) is 3.96. The van der Waals surface area contributed by atoms with Crippen molar-refractivity contribution in [1.29, 1.82) is 0 Å². The van der Waals surface area contributed by atoms with Crippen LogP contribution in [0.3, 0.4) is 0 Å². The van der Waals surface area contributed by atoms with Gasteiger partial charge in [0, 0.05) is 5.02 Å². The van der Waals surface area contributed by atoms with Crippen LogP contribution in [-0.2, 0) is 6.42 Å². The number of halogens is 1. The Morgan fingerprint density at radius 1 is 1.47 bits per heavy atom. The largest absolute Gasteiger partial charge is 0.494 e. The average Bonchev–Trinajstić information content (AvgIpc) is 2.22. The van der Waals surface area contributed by atoms with E-state index in [0.717, 1.165) is 22.9 Å². The zero-order valence-electron chi connectivity index (χ0n) is 9.16. The molecule has 0 aromatic heterocycles. The Balaban J connectivity index is 2.86. The molecule has 84 valence electrons. The zero-order valence-corrected chi connectivity index (χ0v) is 10.8. The Hall–Kier alpha value is -0.340. The van der Waals surface area contributed by atoms with Gasteiger partial charge in [-0.05, 0) is 48.8 Å². The van der Waals surface area contributed by atoms with Crippen molar-refractivity contribution in [1.82, 2.24) is 0 Å². The van der Waals surface area contributed by atoms with Gasteiger partial charge in [0.05, 0.1) is 6.61 Å². The van der Waals surface area contributed by atoms with Gasteiger partial charge >= 0.3 is 0 Å². The van der Waals surface area contributed by atoms with Crippen LogP contribution in [-0.4, -0.2) is 12.4 Å². The van der Waals surface area contributed by atoms with Crippen molar-refractivity contribution in [3.63, 3.8) is 0 Å². The second kappa shape index (κ2) is 6.29. The van der Waals surface area contributed by atoms with Gasteiger partial charge in [-0.2, -0.15) is 12.6 Å². The molecule has 0 heterocycles. The summed E-state index contributed by atoms with van der Waals surface area (Å²) in [6.45, 7) is 4.84. The molecule has 0 aliphatic heterocycles. The molecule has 0 fully saturated rings. The van der Waals surface area contributed by atoms with Crippen LogP contribution in [0.5, 0.6) is 5.75 Å². The van der Waals surface area contributed by atoms with Crippen molar-refractivity contribution in [3.8, 4) is 5.75 Å². The summed E-state index contributed by atoms with van der Waals surface area (Å²) in [5, 5.41) is 0.764. The van der Waals surface area contributed by atoms with Crippen LogP contribution < -0.4 is 4.74 Å². The van der Waals surface area contributed by atoms with Crippen LogP contribution >= 0.6 is 24.2 Å². The maximum absolute atomic E-state index is 5.97.